The van der Waals surface area contributed by atoms with Gasteiger partial charge in [-0.25, -0.2) is 0 Å². The molecule has 2 atom stereocenters. The number of rotatable bonds is 4. The van der Waals surface area contributed by atoms with Crippen molar-refractivity contribution < 1.29 is 9.84 Å². The van der Waals surface area contributed by atoms with Gasteiger partial charge in [0.25, 0.3) is 0 Å². The highest BCUT2D eigenvalue weighted by molar-refractivity contribution is 5.37. The number of benzene rings is 1. The van der Waals surface area contributed by atoms with E-state index in [-0.39, 0.29) is 0 Å². The van der Waals surface area contributed by atoms with Crippen LogP contribution in [0.2, 0.25) is 0 Å². The first kappa shape index (κ1) is 12.4. The molecule has 0 aromatic heterocycles. The van der Waals surface area contributed by atoms with E-state index in [0.29, 0.717) is 5.92 Å². The van der Waals surface area contributed by atoms with Crippen LogP contribution in [0.3, 0.4) is 0 Å². The Morgan fingerprint density at radius 3 is 2.88 bits per heavy atom. The van der Waals surface area contributed by atoms with E-state index in [9.17, 15) is 5.11 Å². The molecule has 3 nitrogen and oxygen atoms in total. The zero-order valence-corrected chi connectivity index (χ0v) is 10.6. The molecule has 0 aliphatic carbocycles. The number of hydrogen-bond donors (Lipinski definition) is 2. The molecular weight excluding hydrogens is 214 g/mol. The monoisotopic (exact) mass is 235 g/mol. The minimum atomic E-state index is -0.816. The first-order chi connectivity index (χ1) is 8.13. The molecule has 1 saturated heterocycles. The van der Waals surface area contributed by atoms with E-state index < -0.39 is 5.60 Å². The number of aliphatic hydroxyl groups is 1. The molecule has 17 heavy (non-hydrogen) atoms. The van der Waals surface area contributed by atoms with Crippen LogP contribution in [-0.2, 0) is 5.60 Å². The molecule has 94 valence electrons. The smallest absolute Gasteiger partial charge is 0.124 e. The number of ether oxygens (including phenoxy) is 1. The maximum absolute atomic E-state index is 10.7. The molecule has 0 bridgehead atoms. The van der Waals surface area contributed by atoms with Gasteiger partial charge < -0.3 is 15.2 Å². The van der Waals surface area contributed by atoms with Gasteiger partial charge in [-0.15, -0.1) is 0 Å². The zero-order valence-electron chi connectivity index (χ0n) is 10.6. The number of para-hydroxylation sites is 1. The van der Waals surface area contributed by atoms with Crippen molar-refractivity contribution in [2.24, 2.45) is 5.92 Å². The van der Waals surface area contributed by atoms with Gasteiger partial charge in [0.15, 0.2) is 0 Å². The van der Waals surface area contributed by atoms with Crippen LogP contribution in [0.5, 0.6) is 5.75 Å². The average Bonchev–Trinajstić information content (AvgIpc) is 2.81. The molecule has 1 aliphatic rings. The molecule has 1 aliphatic heterocycles. The molecule has 3 heteroatoms. The molecule has 1 aromatic carbocycles. The Morgan fingerprint density at radius 2 is 2.24 bits per heavy atom. The third kappa shape index (κ3) is 2.79. The van der Waals surface area contributed by atoms with Crippen LogP contribution >= 0.6 is 0 Å². The van der Waals surface area contributed by atoms with Gasteiger partial charge in [-0.05, 0) is 44.8 Å². The minimum Gasteiger partial charge on any atom is -0.496 e. The Labute approximate surface area is 103 Å². The lowest BCUT2D eigenvalue weighted by Gasteiger charge is -2.28. The summed E-state index contributed by atoms with van der Waals surface area (Å²) in [6, 6.07) is 7.71. The normalized spacial score (nSPS) is 23.4. The summed E-state index contributed by atoms with van der Waals surface area (Å²) in [4.78, 5) is 0. The third-order valence-corrected chi connectivity index (χ3v) is 3.54. The predicted octanol–water partition coefficient (Wildman–Crippen LogP) is 1.90. The van der Waals surface area contributed by atoms with Crippen LogP contribution < -0.4 is 10.1 Å². The fourth-order valence-corrected chi connectivity index (χ4v) is 2.65. The molecule has 0 spiro atoms. The van der Waals surface area contributed by atoms with Gasteiger partial charge >= 0.3 is 0 Å². The molecule has 1 heterocycles. The van der Waals surface area contributed by atoms with Gasteiger partial charge in [0.2, 0.25) is 0 Å². The van der Waals surface area contributed by atoms with Crippen molar-refractivity contribution in [2.45, 2.75) is 25.4 Å². The first-order valence-electron chi connectivity index (χ1n) is 6.20. The Morgan fingerprint density at radius 1 is 1.47 bits per heavy atom. The Balaban J connectivity index is 2.17. The lowest BCUT2D eigenvalue weighted by atomic mass is 9.85. The van der Waals surface area contributed by atoms with Crippen LogP contribution in [-0.4, -0.2) is 25.3 Å². The lowest BCUT2D eigenvalue weighted by molar-refractivity contribution is 0.0303. The van der Waals surface area contributed by atoms with E-state index in [4.69, 9.17) is 4.74 Å². The average molecular weight is 235 g/mol. The highest BCUT2D eigenvalue weighted by atomic mass is 16.5. The van der Waals surface area contributed by atoms with Gasteiger partial charge in [-0.3, -0.25) is 0 Å². The highest BCUT2D eigenvalue weighted by Crippen LogP contribution is 2.35. The van der Waals surface area contributed by atoms with E-state index >= 15 is 0 Å². The summed E-state index contributed by atoms with van der Waals surface area (Å²) in [6.45, 7) is 3.95. The maximum atomic E-state index is 10.7. The third-order valence-electron chi connectivity index (χ3n) is 3.54. The molecule has 2 rings (SSSR count). The molecule has 2 N–H and O–H groups in total. The number of nitrogens with one attached hydrogen (secondary N) is 1. The summed E-state index contributed by atoms with van der Waals surface area (Å²) < 4.78 is 5.32. The van der Waals surface area contributed by atoms with Crippen molar-refractivity contribution in [3.05, 3.63) is 29.8 Å². The molecule has 1 aromatic rings. The van der Waals surface area contributed by atoms with Crippen molar-refractivity contribution in [2.75, 3.05) is 20.2 Å². The number of methoxy groups -OCH3 is 1. The molecule has 0 amide bonds. The van der Waals surface area contributed by atoms with Gasteiger partial charge in [0.05, 0.1) is 12.7 Å². The second-order valence-corrected chi connectivity index (χ2v) is 5.04. The summed E-state index contributed by atoms with van der Waals surface area (Å²) in [7, 11) is 1.64. The van der Waals surface area contributed by atoms with E-state index in [0.717, 1.165) is 37.2 Å². The predicted molar refractivity (Wildman–Crippen MR) is 68.2 cm³/mol. The van der Waals surface area contributed by atoms with Crippen LogP contribution in [0, 0.1) is 5.92 Å². The van der Waals surface area contributed by atoms with Crippen molar-refractivity contribution >= 4 is 0 Å². The largest absolute Gasteiger partial charge is 0.496 e. The quantitative estimate of drug-likeness (QED) is 0.837. The fraction of sp³-hybridized carbons (Fsp3) is 0.571. The topological polar surface area (TPSA) is 41.5 Å². The highest BCUT2D eigenvalue weighted by Gasteiger charge is 2.31. The van der Waals surface area contributed by atoms with E-state index in [1.54, 1.807) is 7.11 Å². The molecular formula is C14H21NO2. The van der Waals surface area contributed by atoms with E-state index in [1.807, 2.05) is 31.2 Å². The Bertz CT molecular complexity index is 370. The standard InChI is InChI=1S/C14H21NO2/c1-14(16,9-11-7-8-15-10-11)12-5-3-4-6-13(12)17-2/h3-6,11,15-16H,7-10H2,1-2H3. The first-order valence-corrected chi connectivity index (χ1v) is 6.20. The Kier molecular flexibility index (Phi) is 3.69. The van der Waals surface area contributed by atoms with Gasteiger partial charge in [-0.1, -0.05) is 18.2 Å². The van der Waals surface area contributed by atoms with Crippen LogP contribution in [0.1, 0.15) is 25.3 Å². The summed E-state index contributed by atoms with van der Waals surface area (Å²) in [5, 5.41) is 14.0. The van der Waals surface area contributed by atoms with Gasteiger partial charge in [-0.2, -0.15) is 0 Å². The second kappa shape index (κ2) is 5.07. The minimum absolute atomic E-state index is 0.551. The second-order valence-electron chi connectivity index (χ2n) is 5.04. The van der Waals surface area contributed by atoms with Crippen LogP contribution in [0.4, 0.5) is 0 Å². The van der Waals surface area contributed by atoms with Crippen LogP contribution in [0.25, 0.3) is 0 Å². The molecule has 1 fully saturated rings. The van der Waals surface area contributed by atoms with Crippen molar-refractivity contribution in [3.8, 4) is 5.75 Å². The summed E-state index contributed by atoms with van der Waals surface area (Å²) in [5.74, 6) is 1.32. The lowest BCUT2D eigenvalue weighted by Crippen LogP contribution is -2.26. The zero-order chi connectivity index (χ0) is 12.3. The number of hydrogen-bond acceptors (Lipinski definition) is 3. The van der Waals surface area contributed by atoms with E-state index in [1.165, 1.54) is 0 Å². The van der Waals surface area contributed by atoms with Gasteiger partial charge in [0, 0.05) is 5.56 Å². The Hall–Kier alpha value is -1.06. The summed E-state index contributed by atoms with van der Waals surface area (Å²) >= 11 is 0. The summed E-state index contributed by atoms with van der Waals surface area (Å²) in [6.07, 6.45) is 1.92. The molecule has 0 radical (unpaired) electrons. The summed E-state index contributed by atoms with van der Waals surface area (Å²) in [5.41, 5.74) is 0.0675. The van der Waals surface area contributed by atoms with Crippen LogP contribution in [0.15, 0.2) is 24.3 Å². The van der Waals surface area contributed by atoms with Crippen molar-refractivity contribution in [1.29, 1.82) is 0 Å². The molecule has 2 unspecified atom stereocenters. The SMILES string of the molecule is COc1ccccc1C(C)(O)CC1CCNC1. The van der Waals surface area contributed by atoms with Crippen molar-refractivity contribution in [1.82, 2.24) is 5.32 Å². The molecule has 0 saturated carbocycles. The van der Waals surface area contributed by atoms with Gasteiger partial charge in [0.1, 0.15) is 5.75 Å². The maximum Gasteiger partial charge on any atom is 0.124 e. The fourth-order valence-electron chi connectivity index (χ4n) is 2.65. The van der Waals surface area contributed by atoms with E-state index in [2.05, 4.69) is 5.32 Å². The van der Waals surface area contributed by atoms with Crippen molar-refractivity contribution in [3.63, 3.8) is 0 Å².